The molecule has 4 aromatic rings. The Labute approximate surface area is 267 Å². The molecule has 0 saturated carbocycles. The molecule has 0 bridgehead atoms. The van der Waals surface area contributed by atoms with Gasteiger partial charge in [-0.2, -0.15) is 21.6 Å². The minimum absolute atomic E-state index is 0.0880. The number of nitrogens with zero attached hydrogens (tertiary/aromatic N) is 2. The van der Waals surface area contributed by atoms with E-state index < -0.39 is 51.9 Å². The predicted octanol–water partition coefficient (Wildman–Crippen LogP) is 6.70. The zero-order valence-corrected chi connectivity index (χ0v) is 25.6. The number of hydrogen-bond acceptors (Lipinski definition) is 9. The molecule has 3 aromatic carbocycles. The standard InChI is InChI=1S/C32H26ClF3N2O7S/c1-2-43-27(39)20-38-29(30(23-7-4-3-5-8-23)44-31(40)24-9-6-18-37-19-24)28(21-10-14-25(33)15-11-21)22-12-16-26(17-13-22)45-46(41,42)32(34,35)36/h3-19,28,30H,2,20H2,1H3. The van der Waals surface area contributed by atoms with E-state index in [1.165, 1.54) is 30.6 Å². The molecule has 9 nitrogen and oxygen atoms in total. The van der Waals surface area contributed by atoms with Crippen LogP contribution in [0.4, 0.5) is 13.2 Å². The number of rotatable bonds is 12. The summed E-state index contributed by atoms with van der Waals surface area (Å²) >= 11 is 6.16. The third-order valence-corrected chi connectivity index (χ3v) is 7.62. The van der Waals surface area contributed by atoms with Crippen LogP contribution >= 0.6 is 11.6 Å². The van der Waals surface area contributed by atoms with Gasteiger partial charge in [0.2, 0.25) is 0 Å². The molecule has 0 amide bonds. The number of pyridine rings is 1. The van der Waals surface area contributed by atoms with Crippen LogP contribution in [0.5, 0.6) is 5.75 Å². The molecular formula is C32H26ClF3N2O7S. The number of benzene rings is 3. The van der Waals surface area contributed by atoms with Crippen molar-refractivity contribution >= 4 is 39.4 Å². The molecule has 0 aliphatic rings. The largest absolute Gasteiger partial charge is 0.534 e. The number of esters is 2. The summed E-state index contributed by atoms with van der Waals surface area (Å²) in [4.78, 5) is 34.5. The Morgan fingerprint density at radius 2 is 1.52 bits per heavy atom. The Kier molecular flexibility index (Phi) is 11.1. The molecule has 2 unspecified atom stereocenters. The number of aliphatic imine (C=N–C) groups is 1. The number of carbonyl (C=O) groups excluding carboxylic acids is 2. The first kappa shape index (κ1) is 34.1. The van der Waals surface area contributed by atoms with E-state index in [2.05, 4.69) is 14.2 Å². The Bertz CT molecular complexity index is 1770. The average molecular weight is 675 g/mol. The number of halogens is 4. The summed E-state index contributed by atoms with van der Waals surface area (Å²) < 4.78 is 77.4. The summed E-state index contributed by atoms with van der Waals surface area (Å²) in [7, 11) is -5.92. The van der Waals surface area contributed by atoms with Crippen molar-refractivity contribution in [3.05, 3.63) is 131 Å². The predicted molar refractivity (Wildman–Crippen MR) is 163 cm³/mol. The maximum absolute atomic E-state index is 13.4. The second kappa shape index (κ2) is 15.0. The van der Waals surface area contributed by atoms with Gasteiger partial charge in [-0.25, -0.2) is 4.79 Å². The van der Waals surface area contributed by atoms with Gasteiger partial charge >= 0.3 is 27.6 Å². The van der Waals surface area contributed by atoms with Crippen LogP contribution in [0.2, 0.25) is 5.02 Å². The lowest BCUT2D eigenvalue weighted by Gasteiger charge is -2.28. The van der Waals surface area contributed by atoms with Crippen molar-refractivity contribution in [2.75, 3.05) is 13.2 Å². The maximum atomic E-state index is 13.4. The number of alkyl halides is 3. The van der Waals surface area contributed by atoms with Crippen molar-refractivity contribution in [2.24, 2.45) is 4.99 Å². The lowest BCUT2D eigenvalue weighted by atomic mass is 9.83. The molecule has 1 aromatic heterocycles. The van der Waals surface area contributed by atoms with Gasteiger partial charge in [-0.1, -0.05) is 66.2 Å². The highest BCUT2D eigenvalue weighted by Gasteiger charge is 2.48. The van der Waals surface area contributed by atoms with E-state index in [9.17, 15) is 31.2 Å². The average Bonchev–Trinajstić information content (AvgIpc) is 3.03. The highest BCUT2D eigenvalue weighted by molar-refractivity contribution is 7.88. The lowest BCUT2D eigenvalue weighted by molar-refractivity contribution is -0.141. The van der Waals surface area contributed by atoms with Crippen molar-refractivity contribution in [3.63, 3.8) is 0 Å². The fraction of sp³-hybridized carbons (Fsp3) is 0.188. The summed E-state index contributed by atoms with van der Waals surface area (Å²) in [5, 5.41) is 0.399. The molecule has 14 heteroatoms. The molecule has 0 spiro atoms. The van der Waals surface area contributed by atoms with E-state index in [1.54, 1.807) is 67.6 Å². The van der Waals surface area contributed by atoms with Gasteiger partial charge in [0, 0.05) is 17.4 Å². The summed E-state index contributed by atoms with van der Waals surface area (Å²) in [6, 6.07) is 22.9. The fourth-order valence-corrected chi connectivity index (χ4v) is 4.94. The highest BCUT2D eigenvalue weighted by Crippen LogP contribution is 2.36. The van der Waals surface area contributed by atoms with Crippen LogP contribution in [0.25, 0.3) is 0 Å². The van der Waals surface area contributed by atoms with Gasteiger partial charge in [0.25, 0.3) is 0 Å². The number of ether oxygens (including phenoxy) is 2. The van der Waals surface area contributed by atoms with Crippen molar-refractivity contribution in [2.45, 2.75) is 24.5 Å². The number of aromatic nitrogens is 1. The van der Waals surface area contributed by atoms with Crippen LogP contribution in [-0.2, 0) is 24.4 Å². The van der Waals surface area contributed by atoms with E-state index in [0.29, 0.717) is 21.7 Å². The Hall–Kier alpha value is -4.75. The molecule has 4 rings (SSSR count). The molecule has 46 heavy (non-hydrogen) atoms. The van der Waals surface area contributed by atoms with Crippen molar-refractivity contribution in [1.29, 1.82) is 0 Å². The minimum atomic E-state index is -5.92. The first-order valence-electron chi connectivity index (χ1n) is 13.6. The topological polar surface area (TPSA) is 121 Å². The molecular weight excluding hydrogens is 649 g/mol. The van der Waals surface area contributed by atoms with Crippen LogP contribution in [0.15, 0.2) is 108 Å². The fourth-order valence-electron chi connectivity index (χ4n) is 4.35. The summed E-state index contributed by atoms with van der Waals surface area (Å²) in [6.07, 6.45) is 1.61. The van der Waals surface area contributed by atoms with Gasteiger partial charge in [-0.05, 0) is 60.0 Å². The van der Waals surface area contributed by atoms with Crippen LogP contribution in [0, 0.1) is 0 Å². The molecule has 0 saturated heterocycles. The number of hydrogen-bond donors (Lipinski definition) is 0. The summed E-state index contributed by atoms with van der Waals surface area (Å²) in [6.45, 7) is 1.25. The van der Waals surface area contributed by atoms with Gasteiger partial charge < -0.3 is 13.7 Å². The van der Waals surface area contributed by atoms with Crippen molar-refractivity contribution in [3.8, 4) is 5.75 Å². The van der Waals surface area contributed by atoms with Crippen LogP contribution in [0.1, 0.15) is 46.0 Å². The summed E-state index contributed by atoms with van der Waals surface area (Å²) in [5.41, 5.74) is -3.94. The van der Waals surface area contributed by atoms with Gasteiger partial charge in [0.05, 0.1) is 23.8 Å². The first-order valence-corrected chi connectivity index (χ1v) is 15.4. The Balaban J connectivity index is 1.89. The van der Waals surface area contributed by atoms with Gasteiger partial charge in [-0.15, -0.1) is 0 Å². The highest BCUT2D eigenvalue weighted by atomic mass is 35.5. The van der Waals surface area contributed by atoms with E-state index in [1.807, 2.05) is 0 Å². The van der Waals surface area contributed by atoms with E-state index in [0.717, 1.165) is 12.1 Å². The minimum Gasteiger partial charge on any atom is -0.465 e. The van der Waals surface area contributed by atoms with Crippen LogP contribution in [-0.4, -0.2) is 49.7 Å². The number of carbonyl (C=O) groups is 2. The van der Waals surface area contributed by atoms with Gasteiger partial charge in [0.15, 0.2) is 6.10 Å². The molecule has 0 fully saturated rings. The zero-order valence-electron chi connectivity index (χ0n) is 24.1. The SMILES string of the molecule is CCOC(=O)CN=C(C(OC(=O)c1cccnc1)c1ccccc1)C(c1ccc(Cl)cc1)c1ccc(OS(=O)(=O)C(F)(F)F)cc1. The lowest BCUT2D eigenvalue weighted by Crippen LogP contribution is -2.28. The molecule has 240 valence electrons. The maximum Gasteiger partial charge on any atom is 0.534 e. The smallest absolute Gasteiger partial charge is 0.465 e. The van der Waals surface area contributed by atoms with Crippen molar-refractivity contribution < 1.29 is 44.8 Å². The van der Waals surface area contributed by atoms with Crippen molar-refractivity contribution in [1.82, 2.24) is 4.98 Å². The zero-order chi connectivity index (χ0) is 33.3. The first-order chi connectivity index (χ1) is 21.9. The third-order valence-electron chi connectivity index (χ3n) is 6.39. The molecule has 0 aliphatic carbocycles. The molecule has 0 N–H and O–H groups in total. The third kappa shape index (κ3) is 8.70. The second-order valence-electron chi connectivity index (χ2n) is 9.52. The molecule has 0 radical (unpaired) electrons. The van der Waals surface area contributed by atoms with Gasteiger partial charge in [-0.3, -0.25) is 14.8 Å². The van der Waals surface area contributed by atoms with E-state index in [-0.39, 0.29) is 17.9 Å². The van der Waals surface area contributed by atoms with E-state index in [4.69, 9.17) is 21.1 Å². The Morgan fingerprint density at radius 1 is 0.891 bits per heavy atom. The second-order valence-corrected chi connectivity index (χ2v) is 11.5. The Morgan fingerprint density at radius 3 is 2.09 bits per heavy atom. The van der Waals surface area contributed by atoms with Crippen LogP contribution in [0.3, 0.4) is 0 Å². The quantitative estimate of drug-likeness (QED) is 0.0705. The monoisotopic (exact) mass is 674 g/mol. The molecule has 2 atom stereocenters. The molecule has 0 aliphatic heterocycles. The van der Waals surface area contributed by atoms with Crippen LogP contribution < -0.4 is 4.18 Å². The summed E-state index contributed by atoms with van der Waals surface area (Å²) in [5.74, 6) is -2.92. The van der Waals surface area contributed by atoms with E-state index >= 15 is 0 Å². The normalized spacial score (nSPS) is 13.4. The van der Waals surface area contributed by atoms with Gasteiger partial charge in [0.1, 0.15) is 12.3 Å². The molecule has 1 heterocycles.